The van der Waals surface area contributed by atoms with Crippen molar-refractivity contribution < 1.29 is 31.6 Å². The highest BCUT2D eigenvalue weighted by Gasteiger charge is 2.18. The first-order chi connectivity index (χ1) is 21.3. The monoisotopic (exact) mass is 586 g/mol. The molecular weight excluding hydrogens is 548 g/mol. The molecule has 5 aromatic heterocycles. The Labute approximate surface area is 250 Å². The summed E-state index contributed by atoms with van der Waals surface area (Å²) in [5.41, 5.74) is 0. The molecule has 9 heteroatoms. The minimum absolute atomic E-state index is 0.622. The minimum atomic E-state index is 0.622. The van der Waals surface area contributed by atoms with Crippen LogP contribution >= 0.6 is 0 Å². The molecule has 0 N–H and O–H groups in total. The molecule has 0 unspecified atom stereocenters. The Morgan fingerprint density at radius 2 is 0.698 bits per heavy atom. The predicted octanol–water partition coefficient (Wildman–Crippen LogP) is 6.85. The lowest BCUT2D eigenvalue weighted by Gasteiger charge is -2.26. The second-order valence-electron chi connectivity index (χ2n) is 11.1. The van der Waals surface area contributed by atoms with E-state index in [-0.39, 0.29) is 0 Å². The average molecular weight is 587 g/mol. The Bertz CT molecular complexity index is 1460. The summed E-state index contributed by atoms with van der Waals surface area (Å²) in [7, 11) is 0. The van der Waals surface area contributed by atoms with Gasteiger partial charge in [0.1, 0.15) is 11.5 Å². The van der Waals surface area contributed by atoms with Gasteiger partial charge in [-0.1, -0.05) is 0 Å². The van der Waals surface area contributed by atoms with Crippen LogP contribution in [0.1, 0.15) is 24.4 Å². The zero-order chi connectivity index (χ0) is 28.8. The average Bonchev–Trinajstić information content (AvgIpc) is 3.88. The topological polar surface area (TPSA) is 90.6 Å². The highest BCUT2D eigenvalue weighted by Crippen LogP contribution is 2.35. The van der Waals surface area contributed by atoms with Gasteiger partial charge in [0.05, 0.1) is 26.4 Å². The van der Waals surface area contributed by atoms with E-state index in [1.807, 2.05) is 60.7 Å². The first kappa shape index (κ1) is 28.0. The number of hydrogen-bond donors (Lipinski definition) is 0. The van der Waals surface area contributed by atoms with E-state index in [0.29, 0.717) is 46.1 Å². The van der Waals surface area contributed by atoms with Crippen LogP contribution in [0.4, 0.5) is 0 Å². The van der Waals surface area contributed by atoms with E-state index in [0.717, 1.165) is 103 Å². The summed E-state index contributed by atoms with van der Waals surface area (Å²) >= 11 is 0. The molecular formula is C34H38N2O7. The molecule has 9 nitrogen and oxygen atoms in total. The third-order valence-corrected chi connectivity index (χ3v) is 8.12. The lowest BCUT2D eigenvalue weighted by atomic mass is 10.2. The summed E-state index contributed by atoms with van der Waals surface area (Å²) in [5, 5.41) is 0. The fourth-order valence-corrected chi connectivity index (χ4v) is 5.70. The van der Waals surface area contributed by atoms with Crippen molar-refractivity contribution >= 4 is 0 Å². The molecule has 0 amide bonds. The predicted molar refractivity (Wildman–Crippen MR) is 161 cm³/mol. The van der Waals surface area contributed by atoms with Crippen molar-refractivity contribution in [1.82, 2.24) is 9.80 Å². The molecule has 2 saturated heterocycles. The van der Waals surface area contributed by atoms with Crippen LogP contribution in [0.2, 0.25) is 0 Å². The molecule has 2 aliphatic rings. The molecule has 7 heterocycles. The van der Waals surface area contributed by atoms with Crippen LogP contribution in [0.15, 0.2) is 82.7 Å². The SMILES string of the molecule is c1cc(-c2ccc(-c3ccc(-c4ccc(-c5ccc(CCCN6CCOCC6)o5)o4)o3)o2)oc1CCCN1CCOCC1. The summed E-state index contributed by atoms with van der Waals surface area (Å²) in [5.74, 6) is 7.21. The highest BCUT2D eigenvalue weighted by atomic mass is 16.5. The van der Waals surface area contributed by atoms with Crippen LogP contribution in [0.3, 0.4) is 0 Å². The van der Waals surface area contributed by atoms with E-state index in [1.165, 1.54) is 0 Å². The molecule has 5 aromatic rings. The van der Waals surface area contributed by atoms with Crippen molar-refractivity contribution in [2.45, 2.75) is 25.7 Å². The van der Waals surface area contributed by atoms with Crippen molar-refractivity contribution in [3.8, 4) is 46.1 Å². The van der Waals surface area contributed by atoms with E-state index in [4.69, 9.17) is 31.6 Å². The van der Waals surface area contributed by atoms with Gasteiger partial charge in [-0.2, -0.15) is 0 Å². The molecule has 0 radical (unpaired) electrons. The molecule has 43 heavy (non-hydrogen) atoms. The van der Waals surface area contributed by atoms with Crippen LogP contribution in [-0.2, 0) is 22.3 Å². The molecule has 2 aliphatic heterocycles. The van der Waals surface area contributed by atoms with Gasteiger partial charge >= 0.3 is 0 Å². The quantitative estimate of drug-likeness (QED) is 0.156. The molecule has 7 rings (SSSR count). The number of nitrogens with zero attached hydrogens (tertiary/aromatic N) is 2. The lowest BCUT2D eigenvalue weighted by Crippen LogP contribution is -2.36. The number of hydrogen-bond acceptors (Lipinski definition) is 9. The highest BCUT2D eigenvalue weighted by molar-refractivity contribution is 5.63. The van der Waals surface area contributed by atoms with E-state index < -0.39 is 0 Å². The van der Waals surface area contributed by atoms with Gasteiger partial charge in [-0.05, 0) is 86.6 Å². The fourth-order valence-electron chi connectivity index (χ4n) is 5.70. The molecule has 0 spiro atoms. The first-order valence-corrected chi connectivity index (χ1v) is 15.4. The van der Waals surface area contributed by atoms with Crippen molar-refractivity contribution in [1.29, 1.82) is 0 Å². The van der Waals surface area contributed by atoms with E-state index in [2.05, 4.69) is 9.80 Å². The molecule has 2 fully saturated rings. The number of morpholine rings is 2. The minimum Gasteiger partial charge on any atom is -0.458 e. The second-order valence-corrected chi connectivity index (χ2v) is 11.1. The number of rotatable bonds is 12. The third kappa shape index (κ3) is 6.91. The number of furan rings is 5. The summed E-state index contributed by atoms with van der Waals surface area (Å²) in [6.07, 6.45) is 3.89. The maximum Gasteiger partial charge on any atom is 0.170 e. The smallest absolute Gasteiger partial charge is 0.170 e. The Balaban J connectivity index is 0.935. The van der Waals surface area contributed by atoms with Gasteiger partial charge in [-0.25, -0.2) is 0 Å². The van der Waals surface area contributed by atoms with E-state index >= 15 is 0 Å². The van der Waals surface area contributed by atoms with Gasteiger partial charge in [-0.3, -0.25) is 9.80 Å². The molecule has 0 aromatic carbocycles. The lowest BCUT2D eigenvalue weighted by molar-refractivity contribution is 0.0373. The zero-order valence-electron chi connectivity index (χ0n) is 24.4. The normalized spacial score (nSPS) is 16.7. The van der Waals surface area contributed by atoms with E-state index in [1.54, 1.807) is 0 Å². The van der Waals surface area contributed by atoms with Crippen LogP contribution in [-0.4, -0.2) is 75.5 Å². The van der Waals surface area contributed by atoms with Crippen molar-refractivity contribution in [3.05, 3.63) is 72.2 Å². The fraction of sp³-hybridized carbons (Fsp3) is 0.412. The molecule has 0 aliphatic carbocycles. The van der Waals surface area contributed by atoms with Crippen LogP contribution in [0, 0.1) is 0 Å². The standard InChI is InChI=1S/C34H38N2O7/c1(15-35-17-21-37-22-18-35)3-25-5-7-27(39-25)29-9-11-31(41-29)33-13-14-34(43-33)32-12-10-30(42-32)28-8-6-26(40-28)4-2-16-36-19-23-38-24-20-36/h5-14H,1-4,15-24H2. The number of ether oxygens (including phenoxy) is 2. The number of aryl methyl sites for hydroxylation is 2. The largest absolute Gasteiger partial charge is 0.458 e. The Kier molecular flexibility index (Phi) is 8.65. The molecule has 226 valence electrons. The van der Waals surface area contributed by atoms with Gasteiger partial charge in [-0.15, -0.1) is 0 Å². The van der Waals surface area contributed by atoms with Gasteiger partial charge < -0.3 is 31.6 Å². The van der Waals surface area contributed by atoms with Crippen LogP contribution in [0.25, 0.3) is 46.1 Å². The van der Waals surface area contributed by atoms with Crippen LogP contribution < -0.4 is 0 Å². The second kappa shape index (κ2) is 13.3. The Morgan fingerprint density at radius 1 is 0.395 bits per heavy atom. The van der Waals surface area contributed by atoms with Crippen molar-refractivity contribution in [2.24, 2.45) is 0 Å². The zero-order valence-corrected chi connectivity index (χ0v) is 24.4. The van der Waals surface area contributed by atoms with Crippen molar-refractivity contribution in [2.75, 3.05) is 65.7 Å². The van der Waals surface area contributed by atoms with Gasteiger partial charge in [0.15, 0.2) is 46.1 Å². The summed E-state index contributed by atoms with van der Waals surface area (Å²) in [4.78, 5) is 4.88. The van der Waals surface area contributed by atoms with Gasteiger partial charge in [0.25, 0.3) is 0 Å². The Hall–Kier alpha value is -3.76. The van der Waals surface area contributed by atoms with Crippen molar-refractivity contribution in [3.63, 3.8) is 0 Å². The Morgan fingerprint density at radius 3 is 1.05 bits per heavy atom. The third-order valence-electron chi connectivity index (χ3n) is 8.12. The van der Waals surface area contributed by atoms with Gasteiger partial charge in [0, 0.05) is 39.0 Å². The molecule has 0 bridgehead atoms. The molecule has 0 saturated carbocycles. The summed E-state index contributed by atoms with van der Waals surface area (Å²) in [6.45, 7) is 9.46. The maximum absolute atomic E-state index is 6.11. The van der Waals surface area contributed by atoms with E-state index in [9.17, 15) is 0 Å². The summed E-state index contributed by atoms with van der Waals surface area (Å²) in [6, 6.07) is 19.4. The summed E-state index contributed by atoms with van der Waals surface area (Å²) < 4.78 is 41.3. The van der Waals surface area contributed by atoms with Gasteiger partial charge in [0.2, 0.25) is 0 Å². The maximum atomic E-state index is 6.11. The molecule has 0 atom stereocenters. The van der Waals surface area contributed by atoms with Crippen LogP contribution in [0.5, 0.6) is 0 Å². The first-order valence-electron chi connectivity index (χ1n) is 15.4.